The van der Waals surface area contributed by atoms with Crippen LogP contribution in [-0.4, -0.2) is 32.2 Å². The Morgan fingerprint density at radius 2 is 1.67 bits per heavy atom. The van der Waals surface area contributed by atoms with Crippen LogP contribution in [0.25, 0.3) is 22.3 Å². The highest BCUT2D eigenvalue weighted by atomic mass is 16.7. The predicted octanol–water partition coefficient (Wildman–Crippen LogP) is 7.15. The lowest BCUT2D eigenvalue weighted by Crippen LogP contribution is -2.26. The summed E-state index contributed by atoms with van der Waals surface area (Å²) in [5.74, 6) is 1.87. The number of benzene rings is 2. The van der Waals surface area contributed by atoms with Gasteiger partial charge in [-0.2, -0.15) is 0 Å². The van der Waals surface area contributed by atoms with Gasteiger partial charge in [-0.1, -0.05) is 56.3 Å². The molecular formula is C31H36N4O4. The Labute approximate surface area is 229 Å². The van der Waals surface area contributed by atoms with E-state index in [1.54, 1.807) is 26.8 Å². The number of ether oxygens (including phenoxy) is 2. The van der Waals surface area contributed by atoms with Gasteiger partial charge in [-0.05, 0) is 62.9 Å². The van der Waals surface area contributed by atoms with Gasteiger partial charge in [0, 0.05) is 24.9 Å². The molecule has 0 unspecified atom stereocenters. The summed E-state index contributed by atoms with van der Waals surface area (Å²) in [6.45, 7) is 10.1. The monoisotopic (exact) mass is 528 g/mol. The SMILES string of the molecule is CCCC(=O)Nc1ccc2c(n1)nc(CCC)n2Cc1ccc(-c2ccccc2OC(=O)OC(C)(C)C)cc1. The summed E-state index contributed by atoms with van der Waals surface area (Å²) in [6, 6.07) is 19.4. The fourth-order valence-electron chi connectivity index (χ4n) is 4.28. The summed E-state index contributed by atoms with van der Waals surface area (Å²) >= 11 is 0. The molecule has 0 bridgehead atoms. The number of hydrogen-bond donors (Lipinski definition) is 1. The number of rotatable bonds is 9. The van der Waals surface area contributed by atoms with E-state index in [1.165, 1.54) is 0 Å². The number of hydrogen-bond acceptors (Lipinski definition) is 6. The summed E-state index contributed by atoms with van der Waals surface area (Å²) in [7, 11) is 0. The molecule has 2 heterocycles. The van der Waals surface area contributed by atoms with Crippen LogP contribution in [0.1, 0.15) is 65.3 Å². The van der Waals surface area contributed by atoms with Gasteiger partial charge in [-0.25, -0.2) is 14.8 Å². The van der Waals surface area contributed by atoms with Crippen molar-refractivity contribution in [2.24, 2.45) is 0 Å². The van der Waals surface area contributed by atoms with Gasteiger partial charge >= 0.3 is 6.16 Å². The van der Waals surface area contributed by atoms with Crippen molar-refractivity contribution in [2.75, 3.05) is 5.32 Å². The summed E-state index contributed by atoms with van der Waals surface area (Å²) < 4.78 is 13.0. The van der Waals surface area contributed by atoms with Gasteiger partial charge in [0.05, 0.1) is 5.52 Å². The van der Waals surface area contributed by atoms with Crippen molar-refractivity contribution < 1.29 is 19.1 Å². The highest BCUT2D eigenvalue weighted by molar-refractivity contribution is 5.90. The van der Waals surface area contributed by atoms with Crippen LogP contribution in [-0.2, 0) is 22.5 Å². The van der Waals surface area contributed by atoms with Crippen LogP contribution >= 0.6 is 0 Å². The molecule has 0 aliphatic heterocycles. The molecule has 0 radical (unpaired) electrons. The molecule has 0 saturated heterocycles. The molecule has 204 valence electrons. The normalized spacial score (nSPS) is 11.4. The summed E-state index contributed by atoms with van der Waals surface area (Å²) in [6.07, 6.45) is 2.29. The van der Waals surface area contributed by atoms with E-state index in [2.05, 4.69) is 33.9 Å². The lowest BCUT2D eigenvalue weighted by molar-refractivity contribution is -0.116. The molecule has 39 heavy (non-hydrogen) atoms. The zero-order valence-electron chi connectivity index (χ0n) is 23.3. The molecule has 2 aromatic heterocycles. The number of carbonyl (C=O) groups is 2. The van der Waals surface area contributed by atoms with Crippen LogP contribution in [0.15, 0.2) is 60.7 Å². The van der Waals surface area contributed by atoms with Crippen molar-refractivity contribution in [3.63, 3.8) is 0 Å². The van der Waals surface area contributed by atoms with Crippen LogP contribution in [0.2, 0.25) is 0 Å². The van der Waals surface area contributed by atoms with E-state index in [9.17, 15) is 9.59 Å². The molecule has 8 heteroatoms. The molecule has 0 spiro atoms. The van der Waals surface area contributed by atoms with Crippen molar-refractivity contribution in [1.29, 1.82) is 0 Å². The summed E-state index contributed by atoms with van der Waals surface area (Å²) in [5.41, 5.74) is 3.74. The van der Waals surface area contributed by atoms with Crippen LogP contribution in [0, 0.1) is 0 Å². The zero-order valence-corrected chi connectivity index (χ0v) is 23.3. The number of carbonyl (C=O) groups excluding carboxylic acids is 2. The van der Waals surface area contributed by atoms with Crippen molar-refractivity contribution in [3.8, 4) is 16.9 Å². The first-order valence-electron chi connectivity index (χ1n) is 13.4. The molecule has 0 fully saturated rings. The number of pyridine rings is 1. The van der Waals surface area contributed by atoms with Crippen LogP contribution < -0.4 is 10.1 Å². The second-order valence-corrected chi connectivity index (χ2v) is 10.5. The fraction of sp³-hybridized carbons (Fsp3) is 0.355. The Hall–Kier alpha value is -4.20. The number of para-hydroxylation sites is 1. The zero-order chi connectivity index (χ0) is 28.0. The number of anilines is 1. The maximum absolute atomic E-state index is 12.3. The van der Waals surface area contributed by atoms with Gasteiger partial charge < -0.3 is 19.4 Å². The van der Waals surface area contributed by atoms with E-state index in [0.717, 1.165) is 47.3 Å². The third kappa shape index (κ3) is 7.22. The number of aryl methyl sites for hydroxylation is 1. The molecule has 0 atom stereocenters. The molecule has 4 rings (SSSR count). The van der Waals surface area contributed by atoms with Crippen LogP contribution in [0.4, 0.5) is 10.6 Å². The maximum atomic E-state index is 12.3. The van der Waals surface area contributed by atoms with Gasteiger partial charge in [0.25, 0.3) is 0 Å². The minimum Gasteiger partial charge on any atom is -0.428 e. The third-order valence-corrected chi connectivity index (χ3v) is 5.99. The van der Waals surface area contributed by atoms with Crippen molar-refractivity contribution in [1.82, 2.24) is 14.5 Å². The third-order valence-electron chi connectivity index (χ3n) is 5.99. The number of aromatic nitrogens is 3. The highest BCUT2D eigenvalue weighted by Gasteiger charge is 2.20. The van der Waals surface area contributed by atoms with Gasteiger partial charge in [0.2, 0.25) is 5.91 Å². The fourth-order valence-corrected chi connectivity index (χ4v) is 4.28. The summed E-state index contributed by atoms with van der Waals surface area (Å²) in [4.78, 5) is 33.7. The van der Waals surface area contributed by atoms with Gasteiger partial charge in [0.15, 0.2) is 5.65 Å². The first-order chi connectivity index (χ1) is 18.7. The van der Waals surface area contributed by atoms with Gasteiger partial charge in [-0.15, -0.1) is 0 Å². The summed E-state index contributed by atoms with van der Waals surface area (Å²) in [5, 5.41) is 2.86. The Kier molecular flexibility index (Phi) is 8.64. The van der Waals surface area contributed by atoms with E-state index in [4.69, 9.17) is 14.5 Å². The standard InChI is InChI=1S/C31H36N4O4/c1-6-10-27-34-29-24(18-19-26(33-29)32-28(36)11-7-2)35(27)20-21-14-16-22(17-15-21)23-12-8-9-13-25(23)38-30(37)39-31(3,4)5/h8-9,12-19H,6-7,10-11,20H2,1-5H3,(H,32,33,36). The van der Waals surface area contributed by atoms with E-state index in [-0.39, 0.29) is 5.91 Å². The van der Waals surface area contributed by atoms with Crippen molar-refractivity contribution in [2.45, 2.75) is 72.4 Å². The maximum Gasteiger partial charge on any atom is 0.514 e. The van der Waals surface area contributed by atoms with E-state index < -0.39 is 11.8 Å². The predicted molar refractivity (Wildman–Crippen MR) is 153 cm³/mol. The van der Waals surface area contributed by atoms with Crippen molar-refractivity contribution >= 4 is 29.0 Å². The Morgan fingerprint density at radius 1 is 0.923 bits per heavy atom. The van der Waals surface area contributed by atoms with E-state index in [0.29, 0.717) is 30.2 Å². The number of nitrogens with one attached hydrogen (secondary N) is 1. The van der Waals surface area contributed by atoms with Crippen molar-refractivity contribution in [3.05, 3.63) is 72.1 Å². The molecule has 0 aliphatic carbocycles. The van der Waals surface area contributed by atoms with Crippen LogP contribution in [0.3, 0.4) is 0 Å². The van der Waals surface area contributed by atoms with E-state index in [1.807, 2.05) is 49.4 Å². The molecule has 0 saturated carbocycles. The molecule has 8 nitrogen and oxygen atoms in total. The smallest absolute Gasteiger partial charge is 0.428 e. The minimum absolute atomic E-state index is 0.0456. The largest absolute Gasteiger partial charge is 0.514 e. The highest BCUT2D eigenvalue weighted by Crippen LogP contribution is 2.31. The molecular weight excluding hydrogens is 492 g/mol. The Balaban J connectivity index is 1.56. The van der Waals surface area contributed by atoms with Gasteiger partial charge in [-0.3, -0.25) is 4.79 Å². The average Bonchev–Trinajstić information content (AvgIpc) is 3.20. The second kappa shape index (κ2) is 12.1. The first-order valence-corrected chi connectivity index (χ1v) is 13.4. The molecule has 0 aliphatic rings. The Bertz CT molecular complexity index is 1450. The molecule has 1 amide bonds. The van der Waals surface area contributed by atoms with Gasteiger partial charge in [0.1, 0.15) is 23.0 Å². The molecule has 2 aromatic carbocycles. The molecule has 1 N–H and O–H groups in total. The second-order valence-electron chi connectivity index (χ2n) is 10.5. The number of nitrogens with zero attached hydrogens (tertiary/aromatic N) is 3. The minimum atomic E-state index is -0.733. The molecule has 4 aromatic rings. The number of fused-ring (bicyclic) bond motifs is 1. The quantitative estimate of drug-likeness (QED) is 0.183. The lowest BCUT2D eigenvalue weighted by Gasteiger charge is -2.19. The van der Waals surface area contributed by atoms with Crippen LogP contribution in [0.5, 0.6) is 5.75 Å². The lowest BCUT2D eigenvalue weighted by atomic mass is 10.0. The average molecular weight is 529 g/mol. The first kappa shape index (κ1) is 27.8. The Morgan fingerprint density at radius 3 is 2.36 bits per heavy atom. The number of amides is 1. The topological polar surface area (TPSA) is 95.3 Å². The number of imidazole rings is 1. The van der Waals surface area contributed by atoms with E-state index >= 15 is 0 Å².